The highest BCUT2D eigenvalue weighted by atomic mass is 35.5. The van der Waals surface area contributed by atoms with E-state index in [0.717, 1.165) is 50.7 Å². The van der Waals surface area contributed by atoms with Crippen LogP contribution in [0.15, 0.2) is 24.3 Å². The van der Waals surface area contributed by atoms with Gasteiger partial charge in [-0.1, -0.05) is 12.1 Å². The highest BCUT2D eigenvalue weighted by molar-refractivity contribution is 7.98. The number of thioether (sulfide) groups is 1. The second-order valence-electron chi connectivity index (χ2n) is 5.78. The Labute approximate surface area is 155 Å². The highest BCUT2D eigenvalue weighted by Gasteiger charge is 2.13. The van der Waals surface area contributed by atoms with Gasteiger partial charge in [-0.05, 0) is 42.5 Å². The predicted octanol–water partition coefficient (Wildman–Crippen LogP) is 2.00. The van der Waals surface area contributed by atoms with Gasteiger partial charge in [0.05, 0.1) is 19.3 Å². The monoisotopic (exact) mass is 373 g/mol. The Kier molecular flexibility index (Phi) is 10.4. The predicted molar refractivity (Wildman–Crippen MR) is 104 cm³/mol. The third kappa shape index (κ3) is 7.40. The second-order valence-corrected chi connectivity index (χ2v) is 6.76. The van der Waals surface area contributed by atoms with Crippen LogP contribution in [0.1, 0.15) is 12.0 Å². The van der Waals surface area contributed by atoms with Crippen LogP contribution >= 0.6 is 24.2 Å². The van der Waals surface area contributed by atoms with Crippen LogP contribution in [0.3, 0.4) is 0 Å². The summed E-state index contributed by atoms with van der Waals surface area (Å²) in [5, 5.41) is 2.88. The molecule has 1 amide bonds. The lowest BCUT2D eigenvalue weighted by atomic mass is 10.1. The van der Waals surface area contributed by atoms with Gasteiger partial charge in [0.1, 0.15) is 0 Å². The van der Waals surface area contributed by atoms with E-state index in [9.17, 15) is 4.79 Å². The summed E-state index contributed by atoms with van der Waals surface area (Å²) in [6.07, 6.45) is 3.73. The Hall–Kier alpha value is -0.790. The van der Waals surface area contributed by atoms with E-state index < -0.39 is 6.04 Å². The molecular formula is C17H28ClN3O2S. The lowest BCUT2D eigenvalue weighted by Gasteiger charge is -2.26. The van der Waals surface area contributed by atoms with Crippen molar-refractivity contribution in [1.29, 1.82) is 0 Å². The fourth-order valence-corrected chi connectivity index (χ4v) is 2.97. The molecule has 1 aromatic carbocycles. The lowest BCUT2D eigenvalue weighted by Crippen LogP contribution is -2.37. The minimum atomic E-state index is -0.441. The van der Waals surface area contributed by atoms with Gasteiger partial charge in [-0.25, -0.2) is 0 Å². The summed E-state index contributed by atoms with van der Waals surface area (Å²) in [6, 6.07) is 7.61. The first kappa shape index (κ1) is 21.3. The van der Waals surface area contributed by atoms with Crippen molar-refractivity contribution in [2.24, 2.45) is 5.73 Å². The smallest absolute Gasteiger partial charge is 0.241 e. The molecule has 0 aromatic heterocycles. The van der Waals surface area contributed by atoms with Gasteiger partial charge in [0.2, 0.25) is 5.91 Å². The average molecular weight is 374 g/mol. The van der Waals surface area contributed by atoms with E-state index >= 15 is 0 Å². The third-order valence-corrected chi connectivity index (χ3v) is 4.66. The number of morpholine rings is 1. The molecule has 0 radical (unpaired) electrons. The van der Waals surface area contributed by atoms with E-state index in [4.69, 9.17) is 10.5 Å². The number of benzene rings is 1. The zero-order chi connectivity index (χ0) is 16.5. The van der Waals surface area contributed by atoms with E-state index in [0.29, 0.717) is 6.42 Å². The van der Waals surface area contributed by atoms with Crippen LogP contribution in [0.4, 0.5) is 5.69 Å². The number of anilines is 1. The van der Waals surface area contributed by atoms with Crippen molar-refractivity contribution in [2.45, 2.75) is 18.9 Å². The molecule has 1 aliphatic heterocycles. The average Bonchev–Trinajstić information content (AvgIpc) is 2.60. The molecule has 0 bridgehead atoms. The molecule has 0 spiro atoms. The molecule has 2 rings (SSSR count). The van der Waals surface area contributed by atoms with Crippen molar-refractivity contribution in [2.75, 3.05) is 50.2 Å². The van der Waals surface area contributed by atoms with Crippen molar-refractivity contribution in [3.63, 3.8) is 0 Å². The van der Waals surface area contributed by atoms with E-state index in [1.54, 1.807) is 11.8 Å². The van der Waals surface area contributed by atoms with Gasteiger partial charge < -0.3 is 15.8 Å². The molecule has 1 fully saturated rings. The molecule has 1 saturated heterocycles. The summed E-state index contributed by atoms with van der Waals surface area (Å²) in [5.41, 5.74) is 7.96. The van der Waals surface area contributed by atoms with E-state index in [1.165, 1.54) is 5.56 Å². The number of halogens is 1. The number of nitrogens with zero attached hydrogens (tertiary/aromatic N) is 1. The quantitative estimate of drug-likeness (QED) is 0.729. The fraction of sp³-hybridized carbons (Fsp3) is 0.588. The number of nitrogens with two attached hydrogens (primary N) is 1. The molecule has 1 atom stereocenters. The number of hydrogen-bond acceptors (Lipinski definition) is 5. The maximum atomic E-state index is 12.0. The Morgan fingerprint density at radius 2 is 2.00 bits per heavy atom. The van der Waals surface area contributed by atoms with E-state index in [-0.39, 0.29) is 18.3 Å². The largest absolute Gasteiger partial charge is 0.379 e. The van der Waals surface area contributed by atoms with Crippen LogP contribution in [0.5, 0.6) is 0 Å². The van der Waals surface area contributed by atoms with Crippen LogP contribution < -0.4 is 11.1 Å². The number of hydrogen-bond donors (Lipinski definition) is 2. The fourth-order valence-electron chi connectivity index (χ4n) is 2.48. The highest BCUT2D eigenvalue weighted by Crippen LogP contribution is 2.12. The molecule has 7 heteroatoms. The molecular weight excluding hydrogens is 346 g/mol. The molecule has 1 heterocycles. The Bertz CT molecular complexity index is 481. The van der Waals surface area contributed by atoms with Crippen LogP contribution in [0.2, 0.25) is 0 Å². The molecule has 0 aliphatic carbocycles. The van der Waals surface area contributed by atoms with Crippen molar-refractivity contribution >= 4 is 35.8 Å². The Morgan fingerprint density at radius 3 is 2.62 bits per heavy atom. The summed E-state index contributed by atoms with van der Waals surface area (Å²) in [4.78, 5) is 14.4. The first-order chi connectivity index (χ1) is 11.2. The summed E-state index contributed by atoms with van der Waals surface area (Å²) in [5.74, 6) is 0.787. The van der Waals surface area contributed by atoms with E-state index in [1.807, 2.05) is 18.4 Å². The number of carbonyl (C=O) groups is 1. The van der Waals surface area contributed by atoms with Crippen LogP contribution in [0.25, 0.3) is 0 Å². The standard InChI is InChI=1S/C17H27N3O2S.ClH/c1-23-13-7-16(18)17(21)19-15-4-2-14(3-5-15)6-8-20-9-11-22-12-10-20;/h2-5,16H,6-13,18H2,1H3,(H,19,21);1H/t16-;/m0./s1. The summed E-state index contributed by atoms with van der Waals surface area (Å²) in [7, 11) is 0. The molecule has 1 aliphatic rings. The molecule has 5 nitrogen and oxygen atoms in total. The number of amides is 1. The van der Waals surface area contributed by atoms with Crippen LogP contribution in [-0.2, 0) is 16.0 Å². The first-order valence-corrected chi connectivity index (χ1v) is 9.53. The SMILES string of the molecule is CSCC[C@H](N)C(=O)Nc1ccc(CCN2CCOCC2)cc1.Cl. The maximum Gasteiger partial charge on any atom is 0.241 e. The normalized spacial score (nSPS) is 16.2. The zero-order valence-electron chi connectivity index (χ0n) is 14.2. The number of rotatable bonds is 8. The summed E-state index contributed by atoms with van der Waals surface area (Å²) >= 11 is 1.70. The van der Waals surface area contributed by atoms with Gasteiger partial charge in [-0.2, -0.15) is 11.8 Å². The lowest BCUT2D eigenvalue weighted by molar-refractivity contribution is -0.117. The second kappa shape index (κ2) is 11.7. The third-order valence-electron chi connectivity index (χ3n) is 4.01. The zero-order valence-corrected chi connectivity index (χ0v) is 15.8. The molecule has 3 N–H and O–H groups in total. The number of ether oxygens (including phenoxy) is 1. The van der Waals surface area contributed by atoms with Crippen LogP contribution in [-0.4, -0.2) is 61.7 Å². The Balaban J connectivity index is 0.00000288. The van der Waals surface area contributed by atoms with Gasteiger partial charge in [-0.3, -0.25) is 9.69 Å². The maximum absolute atomic E-state index is 12.0. The topological polar surface area (TPSA) is 67.6 Å². The number of carbonyl (C=O) groups excluding carboxylic acids is 1. The first-order valence-electron chi connectivity index (χ1n) is 8.13. The van der Waals surface area contributed by atoms with Gasteiger partial charge in [0.25, 0.3) is 0 Å². The molecule has 1 aromatic rings. The summed E-state index contributed by atoms with van der Waals surface area (Å²) < 4.78 is 5.35. The van der Waals surface area contributed by atoms with Gasteiger partial charge in [-0.15, -0.1) is 12.4 Å². The van der Waals surface area contributed by atoms with Crippen molar-refractivity contribution < 1.29 is 9.53 Å². The van der Waals surface area contributed by atoms with Crippen molar-refractivity contribution in [3.05, 3.63) is 29.8 Å². The van der Waals surface area contributed by atoms with Gasteiger partial charge >= 0.3 is 0 Å². The number of nitrogens with one attached hydrogen (secondary N) is 1. The van der Waals surface area contributed by atoms with Crippen molar-refractivity contribution in [3.8, 4) is 0 Å². The van der Waals surface area contributed by atoms with Crippen molar-refractivity contribution in [1.82, 2.24) is 4.90 Å². The molecule has 24 heavy (non-hydrogen) atoms. The van der Waals surface area contributed by atoms with Crippen LogP contribution in [0, 0.1) is 0 Å². The van der Waals surface area contributed by atoms with Gasteiger partial charge in [0, 0.05) is 25.3 Å². The molecule has 0 unspecified atom stereocenters. The summed E-state index contributed by atoms with van der Waals surface area (Å²) in [6.45, 7) is 4.75. The Morgan fingerprint density at radius 1 is 1.33 bits per heavy atom. The minimum Gasteiger partial charge on any atom is -0.379 e. The molecule has 0 saturated carbocycles. The van der Waals surface area contributed by atoms with Gasteiger partial charge in [0.15, 0.2) is 0 Å². The minimum absolute atomic E-state index is 0. The van der Waals surface area contributed by atoms with E-state index in [2.05, 4.69) is 22.3 Å². The molecule has 136 valence electrons.